The van der Waals surface area contributed by atoms with Gasteiger partial charge in [0.05, 0.1) is 5.56 Å². The summed E-state index contributed by atoms with van der Waals surface area (Å²) >= 11 is 0. The molecule has 3 rings (SSSR count). The molecule has 160 valence electrons. The van der Waals surface area contributed by atoms with Gasteiger partial charge in [-0.2, -0.15) is 0 Å². The number of halogens is 1. The lowest BCUT2D eigenvalue weighted by Crippen LogP contribution is -2.50. The lowest BCUT2D eigenvalue weighted by molar-refractivity contribution is 0.0697. The zero-order chi connectivity index (χ0) is 21.3. The van der Waals surface area contributed by atoms with E-state index < -0.39 is 5.97 Å². The maximum absolute atomic E-state index is 13.2. The Hall–Kier alpha value is -3.13. The van der Waals surface area contributed by atoms with Gasteiger partial charge in [0.25, 0.3) is 0 Å². The molecule has 7 nitrogen and oxygen atoms in total. The fraction of sp³-hybridized carbons (Fsp3) is 0.364. The maximum Gasteiger partial charge on any atom is 0.335 e. The van der Waals surface area contributed by atoms with Crippen molar-refractivity contribution in [1.82, 2.24) is 4.90 Å². The van der Waals surface area contributed by atoms with E-state index in [9.17, 15) is 14.3 Å². The van der Waals surface area contributed by atoms with Crippen molar-refractivity contribution < 1.29 is 19.0 Å². The number of carbonyl (C=O) groups is 1. The molecule has 1 fully saturated rings. The van der Waals surface area contributed by atoms with Crippen molar-refractivity contribution in [1.29, 1.82) is 0 Å². The molecule has 1 saturated heterocycles. The van der Waals surface area contributed by atoms with Crippen molar-refractivity contribution >= 4 is 23.3 Å². The molecule has 2 N–H and O–H groups in total. The number of hydrogen-bond acceptors (Lipinski definition) is 4. The second-order valence-corrected chi connectivity index (χ2v) is 7.01. The average Bonchev–Trinajstić information content (AvgIpc) is 2.77. The van der Waals surface area contributed by atoms with Crippen LogP contribution in [0.25, 0.3) is 0 Å². The van der Waals surface area contributed by atoms with Crippen LogP contribution in [0.5, 0.6) is 0 Å². The number of rotatable bonds is 7. The van der Waals surface area contributed by atoms with Gasteiger partial charge in [0.1, 0.15) is 5.82 Å². The van der Waals surface area contributed by atoms with Crippen LogP contribution in [0.15, 0.2) is 53.5 Å². The predicted octanol–water partition coefficient (Wildman–Crippen LogP) is 3.15. The quantitative estimate of drug-likeness (QED) is 0.412. The highest BCUT2D eigenvalue weighted by molar-refractivity contribution is 5.96. The van der Waals surface area contributed by atoms with Gasteiger partial charge in [0.15, 0.2) is 5.96 Å². The summed E-state index contributed by atoms with van der Waals surface area (Å²) in [6, 6.07) is 13.2. The standard InChI is InChI=1S/C22H27FN4O3/c1-30-15-3-10-24-22(25-19-5-2-4-17(16-19)21(28)29)27-13-11-26(12-14-27)20-8-6-18(23)7-9-20/h2,4-9,16H,3,10-15H2,1H3,(H,24,25)(H,28,29). The third-order valence-electron chi connectivity index (χ3n) is 4.90. The first-order chi connectivity index (χ1) is 14.6. The number of carboxylic acids is 1. The Balaban J connectivity index is 1.68. The summed E-state index contributed by atoms with van der Waals surface area (Å²) in [7, 11) is 1.66. The molecule has 0 aliphatic carbocycles. The molecule has 0 aromatic heterocycles. The van der Waals surface area contributed by atoms with E-state index in [1.165, 1.54) is 12.1 Å². The lowest BCUT2D eigenvalue weighted by atomic mass is 10.2. The van der Waals surface area contributed by atoms with E-state index in [1.54, 1.807) is 37.4 Å². The van der Waals surface area contributed by atoms with E-state index in [2.05, 4.69) is 15.1 Å². The van der Waals surface area contributed by atoms with Gasteiger partial charge in [-0.3, -0.25) is 4.99 Å². The van der Waals surface area contributed by atoms with Crippen LogP contribution < -0.4 is 10.2 Å². The number of benzene rings is 2. The average molecular weight is 414 g/mol. The predicted molar refractivity (Wildman–Crippen MR) is 116 cm³/mol. The molecule has 1 aliphatic heterocycles. The Labute approximate surface area is 175 Å². The van der Waals surface area contributed by atoms with E-state index in [0.29, 0.717) is 24.8 Å². The van der Waals surface area contributed by atoms with Crippen LogP contribution in [-0.4, -0.2) is 68.4 Å². The van der Waals surface area contributed by atoms with E-state index in [4.69, 9.17) is 9.73 Å². The molecule has 1 aliphatic rings. The van der Waals surface area contributed by atoms with Gasteiger partial charge in [-0.25, -0.2) is 9.18 Å². The largest absolute Gasteiger partial charge is 0.478 e. The van der Waals surface area contributed by atoms with E-state index in [1.807, 2.05) is 6.07 Å². The second-order valence-electron chi connectivity index (χ2n) is 7.01. The molecule has 0 radical (unpaired) electrons. The van der Waals surface area contributed by atoms with Crippen molar-refractivity contribution in [3.8, 4) is 0 Å². The smallest absolute Gasteiger partial charge is 0.335 e. The lowest BCUT2D eigenvalue weighted by Gasteiger charge is -2.37. The van der Waals surface area contributed by atoms with Gasteiger partial charge >= 0.3 is 5.97 Å². The number of anilines is 2. The Kier molecular flexibility index (Phi) is 7.62. The minimum Gasteiger partial charge on any atom is -0.478 e. The van der Waals surface area contributed by atoms with Crippen molar-refractivity contribution in [3.63, 3.8) is 0 Å². The molecule has 2 aromatic rings. The molecule has 30 heavy (non-hydrogen) atoms. The Bertz CT molecular complexity index is 865. The first-order valence-corrected chi connectivity index (χ1v) is 9.96. The highest BCUT2D eigenvalue weighted by Crippen LogP contribution is 2.18. The van der Waals surface area contributed by atoms with Gasteiger partial charge in [0.2, 0.25) is 0 Å². The molecule has 0 saturated carbocycles. The molecular formula is C22H27FN4O3. The molecule has 2 aromatic carbocycles. The third kappa shape index (κ3) is 5.93. The fourth-order valence-electron chi connectivity index (χ4n) is 3.30. The molecule has 0 spiro atoms. The number of aromatic carboxylic acids is 1. The third-order valence-corrected chi connectivity index (χ3v) is 4.90. The number of nitrogens with zero attached hydrogens (tertiary/aromatic N) is 3. The fourth-order valence-corrected chi connectivity index (χ4v) is 3.30. The van der Waals surface area contributed by atoms with Crippen molar-refractivity contribution in [2.24, 2.45) is 4.99 Å². The number of guanidine groups is 1. The first-order valence-electron chi connectivity index (χ1n) is 9.96. The number of nitrogens with one attached hydrogen (secondary N) is 1. The summed E-state index contributed by atoms with van der Waals surface area (Å²) in [5, 5.41) is 12.5. The molecule has 0 unspecified atom stereocenters. The van der Waals surface area contributed by atoms with Gasteiger partial charge in [0, 0.05) is 57.8 Å². The maximum atomic E-state index is 13.2. The van der Waals surface area contributed by atoms with Gasteiger partial charge in [-0.05, 0) is 48.9 Å². The number of ether oxygens (including phenoxy) is 1. The van der Waals surface area contributed by atoms with Gasteiger partial charge in [-0.15, -0.1) is 0 Å². The minimum absolute atomic E-state index is 0.222. The second kappa shape index (κ2) is 10.6. The Morgan fingerprint density at radius 3 is 2.57 bits per heavy atom. The van der Waals surface area contributed by atoms with Crippen molar-refractivity contribution in [2.45, 2.75) is 6.42 Å². The SMILES string of the molecule is COCCCN=C(Nc1cccc(C(=O)O)c1)N1CCN(c2ccc(F)cc2)CC1. The summed E-state index contributed by atoms with van der Waals surface area (Å²) in [5.41, 5.74) is 1.90. The van der Waals surface area contributed by atoms with Crippen LogP contribution in [0, 0.1) is 5.82 Å². The normalized spacial score (nSPS) is 14.7. The van der Waals surface area contributed by atoms with E-state index in [-0.39, 0.29) is 11.4 Å². The zero-order valence-electron chi connectivity index (χ0n) is 17.1. The summed E-state index contributed by atoms with van der Waals surface area (Å²) in [4.78, 5) is 20.3. The van der Waals surface area contributed by atoms with Crippen molar-refractivity contribution in [2.75, 3.05) is 56.7 Å². The van der Waals surface area contributed by atoms with Crippen LogP contribution in [0.4, 0.5) is 15.8 Å². The molecular weight excluding hydrogens is 387 g/mol. The monoisotopic (exact) mass is 414 g/mol. The number of carboxylic acid groups (broad SMARTS) is 1. The van der Waals surface area contributed by atoms with Crippen molar-refractivity contribution in [3.05, 3.63) is 59.9 Å². The topological polar surface area (TPSA) is 77.4 Å². The summed E-state index contributed by atoms with van der Waals surface area (Å²) in [6.45, 7) is 4.27. The van der Waals surface area contributed by atoms with Crippen LogP contribution in [-0.2, 0) is 4.74 Å². The number of piperazine rings is 1. The van der Waals surface area contributed by atoms with Gasteiger partial charge in [-0.1, -0.05) is 6.07 Å². The molecule has 8 heteroatoms. The molecule has 1 heterocycles. The molecule has 0 amide bonds. The van der Waals surface area contributed by atoms with Gasteiger partial charge < -0.3 is 25.0 Å². The van der Waals surface area contributed by atoms with Crippen LogP contribution >= 0.6 is 0 Å². The number of methoxy groups -OCH3 is 1. The Morgan fingerprint density at radius 1 is 1.17 bits per heavy atom. The molecule has 0 bridgehead atoms. The van der Waals surface area contributed by atoms with E-state index in [0.717, 1.165) is 38.3 Å². The van der Waals surface area contributed by atoms with E-state index >= 15 is 0 Å². The minimum atomic E-state index is -0.967. The summed E-state index contributed by atoms with van der Waals surface area (Å²) in [5.74, 6) is -0.492. The highest BCUT2D eigenvalue weighted by Gasteiger charge is 2.20. The molecule has 0 atom stereocenters. The van der Waals surface area contributed by atoms with Crippen LogP contribution in [0.1, 0.15) is 16.8 Å². The highest BCUT2D eigenvalue weighted by atomic mass is 19.1. The summed E-state index contributed by atoms with van der Waals surface area (Å²) < 4.78 is 18.3. The number of aliphatic imine (C=N–C) groups is 1. The summed E-state index contributed by atoms with van der Waals surface area (Å²) in [6.07, 6.45) is 0.798. The Morgan fingerprint density at radius 2 is 1.90 bits per heavy atom. The number of hydrogen-bond donors (Lipinski definition) is 2. The first kappa shape index (κ1) is 21.6. The van der Waals surface area contributed by atoms with Crippen LogP contribution in [0.2, 0.25) is 0 Å². The zero-order valence-corrected chi connectivity index (χ0v) is 17.1. The van der Waals surface area contributed by atoms with Crippen LogP contribution in [0.3, 0.4) is 0 Å².